The zero-order chi connectivity index (χ0) is 21.3. The van der Waals surface area contributed by atoms with Gasteiger partial charge in [0, 0.05) is 29.4 Å². The summed E-state index contributed by atoms with van der Waals surface area (Å²) in [7, 11) is -3.80. The summed E-state index contributed by atoms with van der Waals surface area (Å²) in [6.07, 6.45) is 1.93. The maximum absolute atomic E-state index is 13.3. The van der Waals surface area contributed by atoms with Crippen molar-refractivity contribution in [2.45, 2.75) is 41.9 Å². The van der Waals surface area contributed by atoms with E-state index < -0.39 is 38.4 Å². The Balaban J connectivity index is 1.87. The minimum Gasteiger partial charge on any atom is -0.328 e. The van der Waals surface area contributed by atoms with Crippen molar-refractivity contribution in [1.29, 1.82) is 0 Å². The third-order valence-corrected chi connectivity index (χ3v) is 7.64. The lowest BCUT2D eigenvalue weighted by Crippen LogP contribution is -2.33. The summed E-state index contributed by atoms with van der Waals surface area (Å²) in [5.41, 5.74) is 5.43. The predicted molar refractivity (Wildman–Crippen MR) is 103 cm³/mol. The van der Waals surface area contributed by atoms with Gasteiger partial charge in [-0.05, 0) is 43.9 Å². The van der Waals surface area contributed by atoms with E-state index in [0.717, 1.165) is 6.07 Å². The number of anilines is 1. The van der Waals surface area contributed by atoms with E-state index in [4.69, 9.17) is 17.3 Å². The van der Waals surface area contributed by atoms with Gasteiger partial charge < -0.3 is 11.1 Å². The molecule has 2 aromatic rings. The standard InChI is InChI=1S/C19H18ClF3N2O3S/c20-14-6-1-10(19(26)25-12-8-15(21)18(23)16(22)9-12)7-17(14)29(27,28)13-4-2-11(24)3-5-13/h1,6-9,11,13H,2-5,24H2,(H,25,26). The monoisotopic (exact) mass is 446 g/mol. The summed E-state index contributed by atoms with van der Waals surface area (Å²) in [4.78, 5) is 12.2. The number of benzene rings is 2. The van der Waals surface area contributed by atoms with Gasteiger partial charge in [-0.1, -0.05) is 11.6 Å². The second-order valence-corrected chi connectivity index (χ2v) is 9.54. The number of hydrogen-bond acceptors (Lipinski definition) is 4. The number of nitrogens with one attached hydrogen (secondary N) is 1. The fourth-order valence-corrected chi connectivity index (χ4v) is 5.60. The van der Waals surface area contributed by atoms with Crippen molar-refractivity contribution < 1.29 is 26.4 Å². The molecule has 1 aliphatic rings. The van der Waals surface area contributed by atoms with Crippen molar-refractivity contribution >= 4 is 33.0 Å². The SMILES string of the molecule is NC1CCC(S(=O)(=O)c2cc(C(=O)Nc3cc(F)c(F)c(F)c3)ccc2Cl)CC1. The van der Waals surface area contributed by atoms with Crippen molar-refractivity contribution in [2.75, 3.05) is 5.32 Å². The molecule has 0 bridgehead atoms. The van der Waals surface area contributed by atoms with Crippen LogP contribution in [0.4, 0.5) is 18.9 Å². The van der Waals surface area contributed by atoms with Crippen LogP contribution in [-0.4, -0.2) is 25.6 Å². The molecule has 3 rings (SSSR count). The highest BCUT2D eigenvalue weighted by atomic mass is 35.5. The third kappa shape index (κ3) is 4.57. The first kappa shape index (κ1) is 21.6. The van der Waals surface area contributed by atoms with Crippen LogP contribution in [0.1, 0.15) is 36.0 Å². The van der Waals surface area contributed by atoms with E-state index in [-0.39, 0.29) is 27.2 Å². The van der Waals surface area contributed by atoms with Crippen LogP contribution in [0.15, 0.2) is 35.2 Å². The molecule has 1 saturated carbocycles. The molecule has 1 amide bonds. The Morgan fingerprint density at radius 2 is 1.62 bits per heavy atom. The third-order valence-electron chi connectivity index (χ3n) is 4.90. The smallest absolute Gasteiger partial charge is 0.255 e. The van der Waals surface area contributed by atoms with Gasteiger partial charge in [-0.15, -0.1) is 0 Å². The highest BCUT2D eigenvalue weighted by molar-refractivity contribution is 7.92. The molecule has 1 fully saturated rings. The Morgan fingerprint density at radius 1 is 1.03 bits per heavy atom. The maximum atomic E-state index is 13.3. The van der Waals surface area contributed by atoms with Crippen LogP contribution in [-0.2, 0) is 9.84 Å². The highest BCUT2D eigenvalue weighted by Gasteiger charge is 2.33. The van der Waals surface area contributed by atoms with Gasteiger partial charge in [-0.25, -0.2) is 21.6 Å². The number of halogens is 4. The fourth-order valence-electron chi connectivity index (χ4n) is 3.27. The Labute approximate surface area is 171 Å². The van der Waals surface area contributed by atoms with Gasteiger partial charge in [0.1, 0.15) is 0 Å². The summed E-state index contributed by atoms with van der Waals surface area (Å²) in [6.45, 7) is 0. The second-order valence-electron chi connectivity index (χ2n) is 6.93. The molecule has 0 spiro atoms. The summed E-state index contributed by atoms with van der Waals surface area (Å²) >= 11 is 6.08. The molecule has 3 N–H and O–H groups in total. The first-order chi connectivity index (χ1) is 13.6. The normalized spacial score (nSPS) is 19.8. The molecule has 0 saturated heterocycles. The summed E-state index contributed by atoms with van der Waals surface area (Å²) in [5.74, 6) is -5.41. The van der Waals surface area contributed by atoms with Crippen LogP contribution in [0.25, 0.3) is 0 Å². The van der Waals surface area contributed by atoms with Gasteiger partial charge in [0.05, 0.1) is 15.2 Å². The van der Waals surface area contributed by atoms with E-state index in [9.17, 15) is 26.4 Å². The number of rotatable bonds is 4. The molecule has 1 aliphatic carbocycles. The molecule has 156 valence electrons. The average molecular weight is 447 g/mol. The number of sulfone groups is 1. The van der Waals surface area contributed by atoms with Crippen molar-refractivity contribution in [3.63, 3.8) is 0 Å². The van der Waals surface area contributed by atoms with Crippen molar-refractivity contribution in [2.24, 2.45) is 5.73 Å². The Hall–Kier alpha value is -2.10. The van der Waals surface area contributed by atoms with E-state index in [1.54, 1.807) is 0 Å². The molecule has 29 heavy (non-hydrogen) atoms. The molecule has 0 atom stereocenters. The lowest BCUT2D eigenvalue weighted by Gasteiger charge is -2.26. The predicted octanol–water partition coefficient (Wildman–Crippen LogP) is 4.05. The van der Waals surface area contributed by atoms with Crippen LogP contribution < -0.4 is 11.1 Å². The second kappa shape index (κ2) is 8.33. The van der Waals surface area contributed by atoms with Gasteiger partial charge in [0.25, 0.3) is 5.91 Å². The molecule has 0 aliphatic heterocycles. The Morgan fingerprint density at radius 3 is 2.21 bits per heavy atom. The van der Waals surface area contributed by atoms with Crippen molar-refractivity contribution in [3.8, 4) is 0 Å². The number of carbonyl (C=O) groups excluding carboxylic acids is 1. The summed E-state index contributed by atoms with van der Waals surface area (Å²) < 4.78 is 65.7. The molecule has 5 nitrogen and oxygen atoms in total. The van der Waals surface area contributed by atoms with E-state index >= 15 is 0 Å². The number of carbonyl (C=O) groups is 1. The first-order valence-electron chi connectivity index (χ1n) is 8.84. The van der Waals surface area contributed by atoms with Crippen LogP contribution in [0, 0.1) is 17.5 Å². The molecular weight excluding hydrogens is 429 g/mol. The Kier molecular flexibility index (Phi) is 6.21. The fraction of sp³-hybridized carbons (Fsp3) is 0.316. The van der Waals surface area contributed by atoms with E-state index in [2.05, 4.69) is 5.32 Å². The lowest BCUT2D eigenvalue weighted by molar-refractivity contribution is 0.102. The van der Waals surface area contributed by atoms with Crippen molar-refractivity contribution in [3.05, 3.63) is 58.4 Å². The molecule has 0 heterocycles. The zero-order valence-electron chi connectivity index (χ0n) is 15.1. The lowest BCUT2D eigenvalue weighted by atomic mass is 9.96. The largest absolute Gasteiger partial charge is 0.328 e. The first-order valence-corrected chi connectivity index (χ1v) is 10.8. The quantitative estimate of drug-likeness (QED) is 0.693. The summed E-state index contributed by atoms with van der Waals surface area (Å²) in [5, 5.41) is 1.52. The van der Waals surface area contributed by atoms with Crippen LogP contribution in [0.5, 0.6) is 0 Å². The van der Waals surface area contributed by atoms with Gasteiger partial charge in [-0.3, -0.25) is 4.79 Å². The van der Waals surface area contributed by atoms with Gasteiger partial charge in [-0.2, -0.15) is 0 Å². The van der Waals surface area contributed by atoms with Crippen molar-refractivity contribution in [1.82, 2.24) is 0 Å². The van der Waals surface area contributed by atoms with E-state index in [1.165, 1.54) is 12.1 Å². The molecule has 0 radical (unpaired) electrons. The number of amides is 1. The molecular formula is C19H18ClF3N2O3S. The number of hydrogen-bond donors (Lipinski definition) is 2. The average Bonchev–Trinajstić information content (AvgIpc) is 2.66. The van der Waals surface area contributed by atoms with Crippen LogP contribution >= 0.6 is 11.6 Å². The highest BCUT2D eigenvalue weighted by Crippen LogP contribution is 2.32. The van der Waals surface area contributed by atoms with Gasteiger partial charge in [0.15, 0.2) is 27.3 Å². The molecule has 10 heteroatoms. The number of nitrogens with two attached hydrogens (primary N) is 1. The Bertz CT molecular complexity index is 1030. The summed E-state index contributed by atoms with van der Waals surface area (Å²) in [6, 6.07) is 4.88. The molecule has 0 aromatic heterocycles. The minimum absolute atomic E-state index is 0.0321. The van der Waals surface area contributed by atoms with E-state index in [0.29, 0.717) is 37.8 Å². The zero-order valence-corrected chi connectivity index (χ0v) is 16.7. The topological polar surface area (TPSA) is 89.3 Å². The minimum atomic E-state index is -3.80. The molecule has 2 aromatic carbocycles. The van der Waals surface area contributed by atoms with E-state index in [1.807, 2.05) is 0 Å². The van der Waals surface area contributed by atoms with Crippen LogP contribution in [0.2, 0.25) is 5.02 Å². The maximum Gasteiger partial charge on any atom is 0.255 e. The van der Waals surface area contributed by atoms with Crippen LogP contribution in [0.3, 0.4) is 0 Å². The van der Waals surface area contributed by atoms with Gasteiger partial charge in [0.2, 0.25) is 0 Å². The molecule has 0 unspecified atom stereocenters. The van der Waals surface area contributed by atoms with Gasteiger partial charge >= 0.3 is 0 Å².